The fourth-order valence-electron chi connectivity index (χ4n) is 3.28. The number of aromatic nitrogens is 2. The number of nitrogens with one attached hydrogen (secondary N) is 1. The van der Waals surface area contributed by atoms with E-state index in [-0.39, 0.29) is 22.4 Å². The summed E-state index contributed by atoms with van der Waals surface area (Å²) in [6.45, 7) is 1.75. The molecule has 28 heavy (non-hydrogen) atoms. The van der Waals surface area contributed by atoms with E-state index in [0.29, 0.717) is 22.1 Å². The summed E-state index contributed by atoms with van der Waals surface area (Å²) in [6.07, 6.45) is 0. The van der Waals surface area contributed by atoms with Crippen molar-refractivity contribution in [3.63, 3.8) is 0 Å². The second-order valence-corrected chi connectivity index (χ2v) is 6.91. The molecule has 6 nitrogen and oxygen atoms in total. The quantitative estimate of drug-likeness (QED) is 0.540. The molecule has 4 aromatic rings. The van der Waals surface area contributed by atoms with Gasteiger partial charge < -0.3 is 5.32 Å². The van der Waals surface area contributed by atoms with Gasteiger partial charge in [0.1, 0.15) is 5.69 Å². The zero-order chi connectivity index (χ0) is 20.0. The van der Waals surface area contributed by atoms with Crippen molar-refractivity contribution in [3.05, 3.63) is 96.1 Å². The Morgan fingerprint density at radius 3 is 2.14 bits per heavy atom. The number of anilines is 2. The molecule has 7 heteroatoms. The lowest BCUT2D eigenvalue weighted by Gasteiger charge is -2.12. The number of para-hydroxylation sites is 1. The van der Waals surface area contributed by atoms with Crippen molar-refractivity contribution in [1.29, 1.82) is 0 Å². The van der Waals surface area contributed by atoms with Crippen LogP contribution in [0, 0.1) is 6.92 Å². The van der Waals surface area contributed by atoms with Gasteiger partial charge in [-0.15, -0.1) is 0 Å². The van der Waals surface area contributed by atoms with Crippen LogP contribution in [0.15, 0.2) is 69.0 Å². The lowest BCUT2D eigenvalue weighted by Crippen LogP contribution is -2.37. The lowest BCUT2D eigenvalue weighted by molar-refractivity contribution is 0.630. The highest BCUT2D eigenvalue weighted by atomic mass is 35.5. The molecule has 1 N–H and O–H groups in total. The van der Waals surface area contributed by atoms with Crippen molar-refractivity contribution in [3.8, 4) is 16.8 Å². The van der Waals surface area contributed by atoms with Crippen LogP contribution in [0.5, 0.6) is 0 Å². The molecule has 0 aliphatic rings. The van der Waals surface area contributed by atoms with Crippen molar-refractivity contribution in [2.75, 3.05) is 5.32 Å². The molecule has 0 unspecified atom stereocenters. The highest BCUT2D eigenvalue weighted by Gasteiger charge is 2.29. The van der Waals surface area contributed by atoms with Crippen molar-refractivity contribution < 1.29 is 0 Å². The van der Waals surface area contributed by atoms with Crippen molar-refractivity contribution in [1.82, 2.24) is 9.36 Å². The van der Waals surface area contributed by atoms with Gasteiger partial charge in [0.05, 0.1) is 16.8 Å². The van der Waals surface area contributed by atoms with Gasteiger partial charge >= 0.3 is 0 Å². The highest BCUT2D eigenvalue weighted by Crippen LogP contribution is 2.28. The standard InChI is InChI=1S/C21H16ClN3O3/c1-12-16(21(28)25(24(12)2)15-6-4-3-5-7-15)17-18(20(27)19(17)26)23-14-10-8-13(22)9-11-14/h3-11,23H,1-2H3. The fraction of sp³-hybridized carbons (Fsp3) is 0.0952. The maximum Gasteiger partial charge on any atom is 0.279 e. The van der Waals surface area contributed by atoms with Crippen LogP contribution in [0.3, 0.4) is 0 Å². The van der Waals surface area contributed by atoms with E-state index in [9.17, 15) is 14.4 Å². The zero-order valence-corrected chi connectivity index (χ0v) is 15.9. The van der Waals surface area contributed by atoms with E-state index in [2.05, 4.69) is 5.32 Å². The average Bonchev–Trinajstić information content (AvgIpc) is 2.92. The smallest absolute Gasteiger partial charge is 0.279 e. The number of hydrogen-bond acceptors (Lipinski definition) is 4. The minimum atomic E-state index is -0.664. The van der Waals surface area contributed by atoms with Gasteiger partial charge in [-0.25, -0.2) is 4.68 Å². The topological polar surface area (TPSA) is 73.1 Å². The Kier molecular flexibility index (Phi) is 4.28. The third-order valence-electron chi connectivity index (χ3n) is 4.83. The third-order valence-corrected chi connectivity index (χ3v) is 5.08. The van der Waals surface area contributed by atoms with E-state index in [0.717, 1.165) is 0 Å². The first-order chi connectivity index (χ1) is 13.4. The predicted molar refractivity (Wildman–Crippen MR) is 111 cm³/mol. The molecule has 0 spiro atoms. The highest BCUT2D eigenvalue weighted by molar-refractivity contribution is 6.30. The molecule has 0 amide bonds. The largest absolute Gasteiger partial charge is 0.352 e. The molecule has 1 heterocycles. The van der Waals surface area contributed by atoms with Crippen LogP contribution >= 0.6 is 11.6 Å². The Hall–Kier alpha value is -3.38. The van der Waals surface area contributed by atoms with Crippen LogP contribution in [-0.2, 0) is 7.05 Å². The summed E-state index contributed by atoms with van der Waals surface area (Å²) < 4.78 is 3.16. The van der Waals surface area contributed by atoms with Gasteiger partial charge in [0.2, 0.25) is 5.43 Å². The number of nitrogens with zero attached hydrogens (tertiary/aromatic N) is 2. The van der Waals surface area contributed by atoms with Crippen molar-refractivity contribution >= 4 is 23.0 Å². The van der Waals surface area contributed by atoms with Gasteiger partial charge in [-0.05, 0) is 43.3 Å². The first kappa shape index (κ1) is 18.0. The van der Waals surface area contributed by atoms with Gasteiger partial charge in [-0.2, -0.15) is 0 Å². The molecule has 0 saturated carbocycles. The first-order valence-corrected chi connectivity index (χ1v) is 8.98. The van der Waals surface area contributed by atoms with E-state index in [1.54, 1.807) is 55.1 Å². The second kappa shape index (κ2) is 6.65. The number of halogens is 1. The second-order valence-electron chi connectivity index (χ2n) is 6.48. The molecular weight excluding hydrogens is 378 g/mol. The van der Waals surface area contributed by atoms with E-state index >= 15 is 0 Å². The van der Waals surface area contributed by atoms with Crippen LogP contribution < -0.4 is 21.7 Å². The summed E-state index contributed by atoms with van der Waals surface area (Å²) >= 11 is 5.88. The first-order valence-electron chi connectivity index (χ1n) is 8.60. The van der Waals surface area contributed by atoms with Crippen LogP contribution in [0.1, 0.15) is 5.69 Å². The fourth-order valence-corrected chi connectivity index (χ4v) is 3.41. The molecule has 0 aliphatic carbocycles. The Morgan fingerprint density at radius 1 is 0.857 bits per heavy atom. The summed E-state index contributed by atoms with van der Waals surface area (Å²) in [5.41, 5.74) is 0.697. The average molecular weight is 394 g/mol. The number of hydrogen-bond donors (Lipinski definition) is 1. The Morgan fingerprint density at radius 2 is 1.50 bits per heavy atom. The molecule has 0 atom stereocenters. The van der Waals surface area contributed by atoms with E-state index < -0.39 is 10.9 Å². The predicted octanol–water partition coefficient (Wildman–Crippen LogP) is 3.14. The number of benzene rings is 2. The molecular formula is C21H16ClN3O3. The molecule has 0 fully saturated rings. The molecule has 0 bridgehead atoms. The van der Waals surface area contributed by atoms with E-state index in [1.807, 2.05) is 18.2 Å². The molecule has 4 rings (SSSR count). The van der Waals surface area contributed by atoms with Crippen LogP contribution in [-0.4, -0.2) is 9.36 Å². The van der Waals surface area contributed by atoms with Gasteiger partial charge in [-0.1, -0.05) is 29.8 Å². The lowest BCUT2D eigenvalue weighted by atomic mass is 9.98. The molecule has 3 aromatic carbocycles. The molecule has 0 aliphatic heterocycles. The van der Waals surface area contributed by atoms with Crippen LogP contribution in [0.25, 0.3) is 16.8 Å². The van der Waals surface area contributed by atoms with Crippen LogP contribution in [0.2, 0.25) is 5.02 Å². The Labute approximate surface area is 164 Å². The monoisotopic (exact) mass is 393 g/mol. The summed E-state index contributed by atoms with van der Waals surface area (Å²) in [4.78, 5) is 37.7. The minimum Gasteiger partial charge on any atom is -0.352 e. The maximum atomic E-state index is 13.1. The number of rotatable bonds is 4. The summed E-state index contributed by atoms with van der Waals surface area (Å²) in [7, 11) is 1.74. The maximum absolute atomic E-state index is 13.1. The van der Waals surface area contributed by atoms with Gasteiger partial charge in [0.25, 0.3) is 11.0 Å². The molecule has 0 saturated heterocycles. The molecule has 1 aromatic heterocycles. The molecule has 0 radical (unpaired) electrons. The van der Waals surface area contributed by atoms with E-state index in [4.69, 9.17) is 11.6 Å². The molecule has 140 valence electrons. The van der Waals surface area contributed by atoms with Gasteiger partial charge in [0.15, 0.2) is 0 Å². The van der Waals surface area contributed by atoms with Crippen molar-refractivity contribution in [2.45, 2.75) is 6.92 Å². The zero-order valence-electron chi connectivity index (χ0n) is 15.2. The van der Waals surface area contributed by atoms with Crippen molar-refractivity contribution in [2.24, 2.45) is 7.05 Å². The van der Waals surface area contributed by atoms with E-state index in [1.165, 1.54) is 4.68 Å². The summed E-state index contributed by atoms with van der Waals surface area (Å²) in [5, 5.41) is 3.51. The Balaban J connectivity index is 1.87. The SMILES string of the molecule is Cc1c(-c2c(Nc3ccc(Cl)cc3)c(=O)c2=O)c(=O)n(-c2ccccc2)n1C. The third kappa shape index (κ3) is 2.70. The minimum absolute atomic E-state index is 0.118. The van der Waals surface area contributed by atoms with Gasteiger partial charge in [-0.3, -0.25) is 19.1 Å². The summed E-state index contributed by atoms with van der Waals surface area (Å²) in [6, 6.07) is 15.9. The Bertz CT molecular complexity index is 1310. The van der Waals surface area contributed by atoms with Crippen LogP contribution in [0.4, 0.5) is 11.4 Å². The van der Waals surface area contributed by atoms with Gasteiger partial charge in [0, 0.05) is 23.5 Å². The summed E-state index contributed by atoms with van der Waals surface area (Å²) in [5.74, 6) is 0. The normalized spacial score (nSPS) is 11.1.